The zero-order valence-corrected chi connectivity index (χ0v) is 32.8. The van der Waals surface area contributed by atoms with Gasteiger partial charge in [0.1, 0.15) is 34.3 Å². The highest BCUT2D eigenvalue weighted by atomic mass is 16.5. The third-order valence-electron chi connectivity index (χ3n) is 11.3. The van der Waals surface area contributed by atoms with E-state index in [4.69, 9.17) is 14.2 Å². The number of phenolic OH excluding ortho intramolecular Hbond substituents is 1. The summed E-state index contributed by atoms with van der Waals surface area (Å²) in [5.74, 6) is -6.70. The number of ether oxygens (including phenoxy) is 3. The molecule has 0 bridgehead atoms. The van der Waals surface area contributed by atoms with Gasteiger partial charge in [0.25, 0.3) is 0 Å². The third kappa shape index (κ3) is 7.31. The van der Waals surface area contributed by atoms with E-state index in [1.807, 2.05) is 72.8 Å². The molecule has 284 valence electrons. The molecule has 3 aliphatic rings. The molecular formula is C43H54N2O8. The van der Waals surface area contributed by atoms with Gasteiger partial charge in [-0.25, -0.2) is 4.79 Å². The number of esters is 1. The molecule has 0 aromatic heterocycles. The topological polar surface area (TPSA) is 167 Å². The first-order chi connectivity index (χ1) is 24.8. The van der Waals surface area contributed by atoms with Crippen LogP contribution in [0, 0.1) is 52.3 Å². The number of rotatable bonds is 11. The van der Waals surface area contributed by atoms with Crippen LogP contribution in [0.4, 0.5) is 0 Å². The van der Waals surface area contributed by atoms with Crippen LogP contribution in [0.1, 0.15) is 116 Å². The largest absolute Gasteiger partial charge is 0.506 e. The minimum absolute atomic E-state index is 0.00735. The predicted molar refractivity (Wildman–Crippen MR) is 201 cm³/mol. The minimum atomic E-state index is -2.41. The Morgan fingerprint density at radius 1 is 1.04 bits per heavy atom. The number of hydrogen-bond donors (Lipinski definition) is 2. The Bertz CT molecular complexity index is 1850. The van der Waals surface area contributed by atoms with E-state index in [1.54, 1.807) is 13.0 Å². The van der Waals surface area contributed by atoms with Gasteiger partial charge in [-0.1, -0.05) is 50.1 Å². The molecule has 53 heavy (non-hydrogen) atoms. The number of hydrogen-bond acceptors (Lipinski definition) is 10. The molecular weight excluding hydrogens is 672 g/mol. The van der Waals surface area contributed by atoms with Crippen LogP contribution in [0.5, 0.6) is 17.2 Å². The maximum atomic E-state index is 15.4. The molecule has 6 unspecified atom stereocenters. The lowest BCUT2D eigenvalue weighted by Crippen LogP contribution is -2.75. The third-order valence-corrected chi connectivity index (χ3v) is 11.3. The number of nitrogens with zero attached hydrogens (tertiary/aromatic N) is 2. The Morgan fingerprint density at radius 2 is 1.68 bits per heavy atom. The standard InChI is InChI=1S/C43H54N2O8/c1-24(2)12-11-19-41(9)20-18-30-36(47)34-37(48)35(28(8)29(22-44)23-45)43(53-39(34)31(38(30)52-41)14-13-25(3)4)32(26(5)6)15-16-33(46)42(43,50)21-17-27(7)40(49)51-10/h12-13,17-18,20,26,28-29,32,35,47,50H,11,14-16,19,21H2,1-10H3/b27-17-. The quantitative estimate of drug-likeness (QED) is 0.130. The zero-order chi connectivity index (χ0) is 39.6. The van der Waals surface area contributed by atoms with E-state index in [-0.39, 0.29) is 47.8 Å². The maximum Gasteiger partial charge on any atom is 0.333 e. The van der Waals surface area contributed by atoms with Crippen LogP contribution < -0.4 is 9.47 Å². The first-order valence-electron chi connectivity index (χ1n) is 18.4. The van der Waals surface area contributed by atoms with Crippen molar-refractivity contribution in [2.75, 3.05) is 7.11 Å². The lowest BCUT2D eigenvalue weighted by Gasteiger charge is -2.60. The molecule has 0 saturated heterocycles. The number of nitriles is 2. The molecule has 2 aliphatic heterocycles. The highest BCUT2D eigenvalue weighted by molar-refractivity contribution is 6.08. The van der Waals surface area contributed by atoms with Gasteiger partial charge in [0, 0.05) is 29.9 Å². The Hall–Kier alpha value is -4.67. The summed E-state index contributed by atoms with van der Waals surface area (Å²) in [7, 11) is 1.23. The van der Waals surface area contributed by atoms with Crippen LogP contribution in [0.25, 0.3) is 6.08 Å². The first-order valence-corrected chi connectivity index (χ1v) is 18.4. The second kappa shape index (κ2) is 15.7. The van der Waals surface area contributed by atoms with Crippen LogP contribution in [0.2, 0.25) is 0 Å². The van der Waals surface area contributed by atoms with Gasteiger partial charge < -0.3 is 24.4 Å². The van der Waals surface area contributed by atoms with Crippen LogP contribution >= 0.6 is 0 Å². The molecule has 1 saturated carbocycles. The Labute approximate surface area is 313 Å². The van der Waals surface area contributed by atoms with Gasteiger partial charge in [0.05, 0.1) is 30.7 Å². The number of methoxy groups -OCH3 is 1. The SMILES string of the molecule is COC(=O)/C(C)=C\CC1(O)C(=O)CCC(C(C)C)C12Oc1c(CC=C(C)C)c3c(c(O)c1C(=O)C2C(C)C(C#N)C#N)C=CC(C)(CCC=C(C)C)O3. The first kappa shape index (κ1) is 41.1. The van der Waals surface area contributed by atoms with E-state index in [1.165, 1.54) is 25.7 Å². The monoisotopic (exact) mass is 726 g/mol. The number of fused-ring (bicyclic) bond motifs is 2. The van der Waals surface area contributed by atoms with Gasteiger partial charge >= 0.3 is 5.97 Å². The number of aliphatic hydroxyl groups is 1. The number of aromatic hydroxyl groups is 1. The molecule has 2 N–H and O–H groups in total. The maximum absolute atomic E-state index is 15.4. The van der Waals surface area contributed by atoms with Crippen LogP contribution in [-0.2, 0) is 20.7 Å². The molecule has 6 atom stereocenters. The number of benzene rings is 1. The van der Waals surface area contributed by atoms with Gasteiger partial charge in [0.2, 0.25) is 0 Å². The normalized spacial score (nSPS) is 26.8. The second-order valence-corrected chi connectivity index (χ2v) is 15.9. The average Bonchev–Trinajstić information content (AvgIpc) is 3.09. The lowest BCUT2D eigenvalue weighted by atomic mass is 9.51. The van der Waals surface area contributed by atoms with Crippen molar-refractivity contribution in [2.24, 2.45) is 29.6 Å². The summed E-state index contributed by atoms with van der Waals surface area (Å²) in [6, 6.07) is 4.00. The summed E-state index contributed by atoms with van der Waals surface area (Å²) in [6.07, 6.45) is 10.5. The summed E-state index contributed by atoms with van der Waals surface area (Å²) in [5, 5.41) is 45.4. The fraction of sp³-hybridized carbons (Fsp3) is 0.558. The number of phenols is 1. The number of carbonyl (C=O) groups excluding carboxylic acids is 3. The van der Waals surface area contributed by atoms with Crippen molar-refractivity contribution in [3.8, 4) is 29.4 Å². The van der Waals surface area contributed by atoms with Crippen LogP contribution in [0.3, 0.4) is 0 Å². The molecule has 10 nitrogen and oxygen atoms in total. The number of carbonyl (C=O) groups is 3. The van der Waals surface area contributed by atoms with Crippen molar-refractivity contribution in [2.45, 2.75) is 118 Å². The summed E-state index contributed by atoms with van der Waals surface area (Å²) in [6.45, 7) is 16.8. The molecule has 1 aliphatic carbocycles. The fourth-order valence-corrected chi connectivity index (χ4v) is 8.37. The van der Waals surface area contributed by atoms with E-state index >= 15 is 4.79 Å². The van der Waals surface area contributed by atoms with Crippen LogP contribution in [0.15, 0.2) is 41.0 Å². The van der Waals surface area contributed by atoms with E-state index in [0.717, 1.165) is 12.0 Å². The Kier molecular flexibility index (Phi) is 12.2. The summed E-state index contributed by atoms with van der Waals surface area (Å²) < 4.78 is 18.9. The second-order valence-electron chi connectivity index (χ2n) is 15.9. The smallest absolute Gasteiger partial charge is 0.333 e. The van der Waals surface area contributed by atoms with Crippen molar-refractivity contribution in [3.05, 3.63) is 57.7 Å². The lowest BCUT2D eigenvalue weighted by molar-refractivity contribution is -0.217. The molecule has 10 heteroatoms. The van der Waals surface area contributed by atoms with Gasteiger partial charge in [-0.2, -0.15) is 10.5 Å². The Morgan fingerprint density at radius 3 is 2.25 bits per heavy atom. The van der Waals surface area contributed by atoms with E-state index in [0.29, 0.717) is 23.3 Å². The van der Waals surface area contributed by atoms with E-state index in [9.17, 15) is 30.3 Å². The summed E-state index contributed by atoms with van der Waals surface area (Å²) in [4.78, 5) is 42.2. The van der Waals surface area contributed by atoms with Gasteiger partial charge in [-0.05, 0) is 91.2 Å². The molecule has 2 heterocycles. The summed E-state index contributed by atoms with van der Waals surface area (Å²) in [5.41, 5.74) is -2.32. The average molecular weight is 727 g/mol. The van der Waals surface area contributed by atoms with Gasteiger partial charge in [-0.3, -0.25) is 9.59 Å². The predicted octanol–water partition coefficient (Wildman–Crippen LogP) is 7.92. The molecule has 1 spiro atoms. The molecule has 1 aromatic rings. The van der Waals surface area contributed by atoms with Crippen molar-refractivity contribution >= 4 is 23.6 Å². The Balaban J connectivity index is 2.15. The molecule has 1 fully saturated rings. The number of allylic oxidation sites excluding steroid dienone is 4. The van der Waals surface area contributed by atoms with Crippen molar-refractivity contribution in [1.82, 2.24) is 0 Å². The molecule has 1 aromatic carbocycles. The number of Topliss-reactive ketones (excluding diaryl/α,β-unsaturated/α-hetero) is 2. The molecule has 0 radical (unpaired) electrons. The van der Waals surface area contributed by atoms with Crippen LogP contribution in [-0.4, -0.2) is 51.7 Å². The summed E-state index contributed by atoms with van der Waals surface area (Å²) >= 11 is 0. The van der Waals surface area contributed by atoms with Crippen molar-refractivity contribution in [3.63, 3.8) is 0 Å². The van der Waals surface area contributed by atoms with Gasteiger partial charge in [-0.15, -0.1) is 0 Å². The fourth-order valence-electron chi connectivity index (χ4n) is 8.37. The highest BCUT2D eigenvalue weighted by Gasteiger charge is 2.72. The van der Waals surface area contributed by atoms with E-state index < -0.39 is 64.4 Å². The van der Waals surface area contributed by atoms with Crippen molar-refractivity contribution < 1.29 is 38.8 Å². The zero-order valence-electron chi connectivity index (χ0n) is 32.8. The number of ketones is 2. The minimum Gasteiger partial charge on any atom is -0.506 e. The van der Waals surface area contributed by atoms with Gasteiger partial charge in [0.15, 0.2) is 22.8 Å². The van der Waals surface area contributed by atoms with Crippen molar-refractivity contribution in [1.29, 1.82) is 10.5 Å². The highest BCUT2D eigenvalue weighted by Crippen LogP contribution is 2.61. The molecule has 0 amide bonds. The van der Waals surface area contributed by atoms with E-state index in [2.05, 4.69) is 6.08 Å². The molecule has 4 rings (SSSR count).